The zero-order valence-corrected chi connectivity index (χ0v) is 10.1. The molecule has 0 saturated heterocycles. The van der Waals surface area contributed by atoms with Crippen molar-refractivity contribution in [1.29, 1.82) is 0 Å². The highest BCUT2D eigenvalue weighted by atomic mass is 15.1. The summed E-state index contributed by atoms with van der Waals surface area (Å²) in [4.78, 5) is 7.79. The van der Waals surface area contributed by atoms with E-state index in [1.165, 1.54) is 6.42 Å². The maximum absolute atomic E-state index is 4.50. The van der Waals surface area contributed by atoms with Gasteiger partial charge in [0.05, 0.1) is 11.0 Å². The van der Waals surface area contributed by atoms with Crippen LogP contribution in [0.15, 0.2) is 24.3 Å². The summed E-state index contributed by atoms with van der Waals surface area (Å²) >= 11 is 0. The first-order chi connectivity index (χ1) is 7.70. The van der Waals surface area contributed by atoms with Gasteiger partial charge in [0, 0.05) is 6.04 Å². The summed E-state index contributed by atoms with van der Waals surface area (Å²) in [5, 5.41) is 3.42. The number of aromatic amines is 1. The summed E-state index contributed by atoms with van der Waals surface area (Å²) in [6, 6.07) is 8.52. The van der Waals surface area contributed by atoms with E-state index in [-0.39, 0.29) is 0 Å². The lowest BCUT2D eigenvalue weighted by Crippen LogP contribution is -2.23. The number of fused-ring (bicyclic) bond motifs is 1. The average Bonchev–Trinajstić information content (AvgIpc) is 2.69. The van der Waals surface area contributed by atoms with Crippen LogP contribution in [0.1, 0.15) is 27.2 Å². The molecule has 16 heavy (non-hydrogen) atoms. The molecule has 2 N–H and O–H groups in total. The SMILES string of the molecule is CCC(C)C(C)Nc1nc2ccccc2[nH]1. The Kier molecular flexibility index (Phi) is 3.13. The summed E-state index contributed by atoms with van der Waals surface area (Å²) in [6.45, 7) is 6.66. The lowest BCUT2D eigenvalue weighted by atomic mass is 10.0. The van der Waals surface area contributed by atoms with E-state index in [9.17, 15) is 0 Å². The third-order valence-electron chi connectivity index (χ3n) is 3.25. The van der Waals surface area contributed by atoms with E-state index in [0.717, 1.165) is 17.0 Å². The summed E-state index contributed by atoms with van der Waals surface area (Å²) in [6.07, 6.45) is 1.17. The number of imidazole rings is 1. The predicted molar refractivity (Wildman–Crippen MR) is 68.6 cm³/mol. The highest BCUT2D eigenvalue weighted by Gasteiger charge is 2.11. The number of H-pyrrole nitrogens is 1. The third kappa shape index (κ3) is 2.18. The molecule has 2 unspecified atom stereocenters. The van der Waals surface area contributed by atoms with Crippen LogP contribution in [-0.4, -0.2) is 16.0 Å². The number of nitrogens with zero attached hydrogens (tertiary/aromatic N) is 1. The molecule has 0 fully saturated rings. The van der Waals surface area contributed by atoms with Crippen LogP contribution in [-0.2, 0) is 0 Å². The minimum atomic E-state index is 0.436. The molecule has 0 amide bonds. The Bertz CT molecular complexity index is 428. The summed E-state index contributed by atoms with van der Waals surface area (Å²) in [5.74, 6) is 1.52. The van der Waals surface area contributed by atoms with Gasteiger partial charge in [0.25, 0.3) is 0 Å². The zero-order valence-electron chi connectivity index (χ0n) is 10.1. The van der Waals surface area contributed by atoms with Crippen LogP contribution in [0.3, 0.4) is 0 Å². The van der Waals surface area contributed by atoms with Crippen LogP contribution in [0.4, 0.5) is 5.95 Å². The first kappa shape index (κ1) is 11.0. The number of benzene rings is 1. The van der Waals surface area contributed by atoms with Gasteiger partial charge in [-0.3, -0.25) is 0 Å². The molecule has 0 spiro atoms. The largest absolute Gasteiger partial charge is 0.353 e. The molecule has 1 aromatic heterocycles. The van der Waals surface area contributed by atoms with Gasteiger partial charge < -0.3 is 10.3 Å². The molecular weight excluding hydrogens is 198 g/mol. The van der Waals surface area contributed by atoms with E-state index in [1.807, 2.05) is 24.3 Å². The van der Waals surface area contributed by atoms with Crippen LogP contribution in [0, 0.1) is 5.92 Å². The van der Waals surface area contributed by atoms with Crippen molar-refractivity contribution in [3.63, 3.8) is 0 Å². The van der Waals surface area contributed by atoms with Gasteiger partial charge in [0.15, 0.2) is 0 Å². The van der Waals surface area contributed by atoms with Crippen molar-refractivity contribution >= 4 is 17.0 Å². The molecule has 2 atom stereocenters. The normalized spacial score (nSPS) is 14.9. The van der Waals surface area contributed by atoms with Crippen molar-refractivity contribution in [2.75, 3.05) is 5.32 Å². The van der Waals surface area contributed by atoms with Crippen LogP contribution < -0.4 is 5.32 Å². The van der Waals surface area contributed by atoms with Gasteiger partial charge in [-0.05, 0) is 25.0 Å². The molecule has 0 saturated carbocycles. The van der Waals surface area contributed by atoms with Crippen LogP contribution in [0.25, 0.3) is 11.0 Å². The number of hydrogen-bond acceptors (Lipinski definition) is 2. The molecule has 0 radical (unpaired) electrons. The quantitative estimate of drug-likeness (QED) is 0.824. The Morgan fingerprint density at radius 3 is 2.75 bits per heavy atom. The second-order valence-corrected chi connectivity index (χ2v) is 4.42. The van der Waals surface area contributed by atoms with E-state index >= 15 is 0 Å². The van der Waals surface area contributed by atoms with E-state index in [2.05, 4.69) is 36.1 Å². The van der Waals surface area contributed by atoms with E-state index < -0.39 is 0 Å². The summed E-state index contributed by atoms with van der Waals surface area (Å²) < 4.78 is 0. The minimum Gasteiger partial charge on any atom is -0.353 e. The molecule has 2 rings (SSSR count). The standard InChI is InChI=1S/C13H19N3/c1-4-9(2)10(3)14-13-15-11-7-5-6-8-12(11)16-13/h5-10H,4H2,1-3H3,(H2,14,15,16). The number of aromatic nitrogens is 2. The minimum absolute atomic E-state index is 0.436. The van der Waals surface area contributed by atoms with Crippen molar-refractivity contribution in [1.82, 2.24) is 9.97 Å². The van der Waals surface area contributed by atoms with Gasteiger partial charge in [-0.15, -0.1) is 0 Å². The topological polar surface area (TPSA) is 40.7 Å². The van der Waals surface area contributed by atoms with Gasteiger partial charge >= 0.3 is 0 Å². The lowest BCUT2D eigenvalue weighted by molar-refractivity contribution is 0.493. The average molecular weight is 217 g/mol. The maximum atomic E-state index is 4.50. The van der Waals surface area contributed by atoms with E-state index in [1.54, 1.807) is 0 Å². The van der Waals surface area contributed by atoms with Gasteiger partial charge in [-0.2, -0.15) is 0 Å². The van der Waals surface area contributed by atoms with E-state index in [4.69, 9.17) is 0 Å². The molecule has 2 aromatic rings. The molecule has 3 nitrogen and oxygen atoms in total. The zero-order chi connectivity index (χ0) is 11.5. The Labute approximate surface area is 96.3 Å². The van der Waals surface area contributed by atoms with Crippen molar-refractivity contribution in [2.45, 2.75) is 33.2 Å². The van der Waals surface area contributed by atoms with Crippen LogP contribution in [0.5, 0.6) is 0 Å². The van der Waals surface area contributed by atoms with E-state index in [0.29, 0.717) is 12.0 Å². The molecule has 0 aliphatic heterocycles. The number of nitrogens with one attached hydrogen (secondary N) is 2. The van der Waals surface area contributed by atoms with Crippen molar-refractivity contribution in [2.24, 2.45) is 5.92 Å². The summed E-state index contributed by atoms with van der Waals surface area (Å²) in [5.41, 5.74) is 2.10. The number of hydrogen-bond donors (Lipinski definition) is 2. The molecule has 3 heteroatoms. The van der Waals surface area contributed by atoms with Crippen molar-refractivity contribution < 1.29 is 0 Å². The number of anilines is 1. The molecular formula is C13H19N3. The Hall–Kier alpha value is -1.51. The predicted octanol–water partition coefficient (Wildman–Crippen LogP) is 3.41. The first-order valence-electron chi connectivity index (χ1n) is 5.92. The molecule has 1 aromatic carbocycles. The smallest absolute Gasteiger partial charge is 0.201 e. The molecule has 0 aliphatic rings. The second-order valence-electron chi connectivity index (χ2n) is 4.42. The van der Waals surface area contributed by atoms with Gasteiger partial charge in [-0.1, -0.05) is 32.4 Å². The first-order valence-corrected chi connectivity index (χ1v) is 5.92. The third-order valence-corrected chi connectivity index (χ3v) is 3.25. The molecule has 86 valence electrons. The second kappa shape index (κ2) is 4.56. The van der Waals surface area contributed by atoms with Gasteiger partial charge in [0.2, 0.25) is 5.95 Å². The Balaban J connectivity index is 2.15. The Morgan fingerprint density at radius 2 is 2.06 bits per heavy atom. The summed E-state index contributed by atoms with van der Waals surface area (Å²) in [7, 11) is 0. The fourth-order valence-corrected chi connectivity index (χ4v) is 1.73. The maximum Gasteiger partial charge on any atom is 0.201 e. The van der Waals surface area contributed by atoms with Crippen LogP contribution in [0.2, 0.25) is 0 Å². The van der Waals surface area contributed by atoms with Crippen LogP contribution >= 0.6 is 0 Å². The molecule has 0 aliphatic carbocycles. The fourth-order valence-electron chi connectivity index (χ4n) is 1.73. The molecule has 1 heterocycles. The fraction of sp³-hybridized carbons (Fsp3) is 0.462. The van der Waals surface area contributed by atoms with Gasteiger partial charge in [0.1, 0.15) is 0 Å². The number of rotatable bonds is 4. The van der Waals surface area contributed by atoms with Gasteiger partial charge in [-0.25, -0.2) is 4.98 Å². The number of para-hydroxylation sites is 2. The highest BCUT2D eigenvalue weighted by molar-refractivity contribution is 5.77. The highest BCUT2D eigenvalue weighted by Crippen LogP contribution is 2.16. The lowest BCUT2D eigenvalue weighted by Gasteiger charge is -2.19. The Morgan fingerprint density at radius 1 is 1.31 bits per heavy atom. The molecule has 0 bridgehead atoms. The van der Waals surface area contributed by atoms with Crippen molar-refractivity contribution in [3.05, 3.63) is 24.3 Å². The van der Waals surface area contributed by atoms with Crippen molar-refractivity contribution in [3.8, 4) is 0 Å². The monoisotopic (exact) mass is 217 g/mol.